The maximum absolute atomic E-state index is 13.3. The molecule has 1 N–H and O–H groups in total. The zero-order valence-electron chi connectivity index (χ0n) is 18.0. The Morgan fingerprint density at radius 1 is 1.06 bits per heavy atom. The first kappa shape index (κ1) is 22.3. The van der Waals surface area contributed by atoms with E-state index in [-0.39, 0.29) is 30.3 Å². The summed E-state index contributed by atoms with van der Waals surface area (Å²) in [5, 5.41) is 11.9. The molecule has 4 aromatic rings. The third kappa shape index (κ3) is 4.53. The fourth-order valence-corrected chi connectivity index (χ4v) is 4.17. The molecule has 0 saturated heterocycles. The highest BCUT2D eigenvalue weighted by Crippen LogP contribution is 2.23. The van der Waals surface area contributed by atoms with Gasteiger partial charge in [-0.15, -0.1) is 10.2 Å². The number of nitrogens with one attached hydrogen (secondary N) is 1. The Balaban J connectivity index is 1.73. The Hall–Kier alpha value is -3.86. The van der Waals surface area contributed by atoms with Crippen molar-refractivity contribution >= 4 is 40.3 Å². The Morgan fingerprint density at radius 3 is 2.61 bits per heavy atom. The Morgan fingerprint density at radius 2 is 1.82 bits per heavy atom. The molecule has 0 unspecified atom stereocenters. The van der Waals surface area contributed by atoms with Crippen molar-refractivity contribution in [3.05, 3.63) is 64.4 Å². The van der Waals surface area contributed by atoms with Crippen LogP contribution in [0.4, 0.5) is 0 Å². The molecule has 2 heterocycles. The number of nitrogens with zero attached hydrogens (tertiary/aromatic N) is 4. The van der Waals surface area contributed by atoms with Gasteiger partial charge in [0.1, 0.15) is 12.3 Å². The number of ether oxygens (including phenoxy) is 2. The van der Waals surface area contributed by atoms with Crippen LogP contribution in [0.3, 0.4) is 0 Å². The molecule has 0 radical (unpaired) electrons. The Labute approximate surface area is 192 Å². The van der Waals surface area contributed by atoms with Crippen LogP contribution in [0.2, 0.25) is 0 Å². The normalized spacial score (nSPS) is 11.0. The quantitative estimate of drug-likeness (QED) is 0.306. The SMILES string of the molecule is COC(=O)CNC(=O)CSc1nnc2n(Cc3ccccc3OC)c(=O)c3ccccc3n12. The molecule has 0 atom stereocenters. The van der Waals surface area contributed by atoms with Crippen LogP contribution in [-0.2, 0) is 20.9 Å². The van der Waals surface area contributed by atoms with E-state index in [1.807, 2.05) is 36.4 Å². The van der Waals surface area contributed by atoms with Crippen molar-refractivity contribution in [2.45, 2.75) is 11.7 Å². The Bertz CT molecular complexity index is 1400. The van der Waals surface area contributed by atoms with Crippen LogP contribution < -0.4 is 15.6 Å². The van der Waals surface area contributed by atoms with Crippen molar-refractivity contribution in [3.8, 4) is 5.75 Å². The summed E-state index contributed by atoms with van der Waals surface area (Å²) in [5.41, 5.74) is 1.25. The van der Waals surface area contributed by atoms with Crippen LogP contribution in [0.25, 0.3) is 16.7 Å². The minimum Gasteiger partial charge on any atom is -0.496 e. The first-order chi connectivity index (χ1) is 16.0. The van der Waals surface area contributed by atoms with Gasteiger partial charge < -0.3 is 14.8 Å². The lowest BCUT2D eigenvalue weighted by atomic mass is 10.2. The van der Waals surface area contributed by atoms with E-state index in [4.69, 9.17) is 4.74 Å². The Kier molecular flexibility index (Phi) is 6.59. The molecule has 1 amide bonds. The summed E-state index contributed by atoms with van der Waals surface area (Å²) in [6.45, 7) is 0.0252. The first-order valence-electron chi connectivity index (χ1n) is 9.98. The molecular weight excluding hydrogens is 446 g/mol. The minimum absolute atomic E-state index is 0.0117. The summed E-state index contributed by atoms with van der Waals surface area (Å²) in [5.74, 6) is 0.133. The molecule has 0 spiro atoms. The predicted octanol–water partition coefficient (Wildman–Crippen LogP) is 1.48. The van der Waals surface area contributed by atoms with Gasteiger partial charge in [0.2, 0.25) is 11.7 Å². The average molecular weight is 468 g/mol. The lowest BCUT2D eigenvalue weighted by Crippen LogP contribution is -2.31. The number of para-hydroxylation sites is 2. The smallest absolute Gasteiger partial charge is 0.325 e. The molecule has 4 rings (SSSR count). The summed E-state index contributed by atoms with van der Waals surface area (Å²) in [6.07, 6.45) is 0. The van der Waals surface area contributed by atoms with Crippen LogP contribution in [0.5, 0.6) is 5.75 Å². The van der Waals surface area contributed by atoms with E-state index in [1.165, 1.54) is 11.7 Å². The molecule has 2 aromatic heterocycles. The second-order valence-corrected chi connectivity index (χ2v) is 7.92. The maximum Gasteiger partial charge on any atom is 0.325 e. The summed E-state index contributed by atoms with van der Waals surface area (Å²) < 4.78 is 13.2. The lowest BCUT2D eigenvalue weighted by Gasteiger charge is -2.13. The second kappa shape index (κ2) is 9.74. The van der Waals surface area contributed by atoms with Crippen LogP contribution in [0.15, 0.2) is 58.5 Å². The standard InChI is InChI=1S/C22H21N5O5S/c1-31-17-10-6-3-7-14(17)12-26-20(30)15-8-4-5-9-16(15)27-21(26)24-25-22(27)33-13-18(28)23-11-19(29)32-2/h3-10H,11-13H2,1-2H3,(H,23,28). The summed E-state index contributed by atoms with van der Waals surface area (Å²) in [6, 6.07) is 14.6. The third-order valence-corrected chi connectivity index (χ3v) is 5.92. The molecule has 0 saturated carbocycles. The summed E-state index contributed by atoms with van der Waals surface area (Å²) in [7, 11) is 2.83. The van der Waals surface area contributed by atoms with Gasteiger partial charge in [-0.25, -0.2) is 0 Å². The van der Waals surface area contributed by atoms with Crippen molar-refractivity contribution in [1.82, 2.24) is 24.5 Å². The number of thioether (sulfide) groups is 1. The molecule has 33 heavy (non-hydrogen) atoms. The molecule has 0 fully saturated rings. The topological polar surface area (TPSA) is 117 Å². The molecule has 2 aromatic carbocycles. The second-order valence-electron chi connectivity index (χ2n) is 6.98. The number of hydrogen-bond donors (Lipinski definition) is 1. The molecule has 0 bridgehead atoms. The maximum atomic E-state index is 13.3. The number of rotatable bonds is 8. The monoisotopic (exact) mass is 467 g/mol. The van der Waals surface area contributed by atoms with Gasteiger partial charge >= 0.3 is 5.97 Å². The predicted molar refractivity (Wildman–Crippen MR) is 123 cm³/mol. The molecular formula is C22H21N5O5S. The number of hydrogen-bond acceptors (Lipinski definition) is 8. The van der Waals surface area contributed by atoms with E-state index in [9.17, 15) is 14.4 Å². The van der Waals surface area contributed by atoms with Gasteiger partial charge in [0.05, 0.1) is 37.4 Å². The zero-order valence-corrected chi connectivity index (χ0v) is 18.8. The van der Waals surface area contributed by atoms with Gasteiger partial charge in [-0.05, 0) is 18.2 Å². The van der Waals surface area contributed by atoms with E-state index < -0.39 is 5.97 Å². The number of methoxy groups -OCH3 is 2. The zero-order chi connectivity index (χ0) is 23.4. The van der Waals surface area contributed by atoms with Crippen LogP contribution in [-0.4, -0.2) is 57.6 Å². The summed E-state index contributed by atoms with van der Waals surface area (Å²) >= 11 is 1.15. The molecule has 170 valence electrons. The van der Waals surface area contributed by atoms with Gasteiger partial charge in [0, 0.05) is 5.56 Å². The van der Waals surface area contributed by atoms with Crippen LogP contribution >= 0.6 is 11.8 Å². The number of carbonyl (C=O) groups is 2. The van der Waals surface area contributed by atoms with E-state index in [1.54, 1.807) is 23.6 Å². The molecule has 11 heteroatoms. The highest BCUT2D eigenvalue weighted by molar-refractivity contribution is 7.99. The van der Waals surface area contributed by atoms with Crippen LogP contribution in [0.1, 0.15) is 5.56 Å². The summed E-state index contributed by atoms with van der Waals surface area (Å²) in [4.78, 5) is 36.7. The number of amides is 1. The van der Waals surface area contributed by atoms with Crippen molar-refractivity contribution in [1.29, 1.82) is 0 Å². The molecule has 10 nitrogen and oxygen atoms in total. The number of carbonyl (C=O) groups excluding carboxylic acids is 2. The third-order valence-electron chi connectivity index (χ3n) is 4.99. The largest absolute Gasteiger partial charge is 0.496 e. The number of esters is 1. The van der Waals surface area contributed by atoms with Gasteiger partial charge in [0.15, 0.2) is 5.16 Å². The van der Waals surface area contributed by atoms with E-state index in [0.29, 0.717) is 27.6 Å². The highest BCUT2D eigenvalue weighted by Gasteiger charge is 2.18. The fourth-order valence-electron chi connectivity index (χ4n) is 3.40. The van der Waals surface area contributed by atoms with Gasteiger partial charge in [-0.2, -0.15) is 0 Å². The lowest BCUT2D eigenvalue weighted by molar-refractivity contribution is -0.140. The molecule has 0 aliphatic carbocycles. The van der Waals surface area contributed by atoms with Crippen LogP contribution in [0, 0.1) is 0 Å². The first-order valence-corrected chi connectivity index (χ1v) is 11.0. The van der Waals surface area contributed by atoms with Crippen molar-refractivity contribution in [3.63, 3.8) is 0 Å². The highest BCUT2D eigenvalue weighted by atomic mass is 32.2. The fraction of sp³-hybridized carbons (Fsp3) is 0.227. The van der Waals surface area contributed by atoms with E-state index >= 15 is 0 Å². The van der Waals surface area contributed by atoms with Crippen molar-refractivity contribution in [2.75, 3.05) is 26.5 Å². The number of benzene rings is 2. The number of fused-ring (bicyclic) bond motifs is 3. The van der Waals surface area contributed by atoms with Crippen molar-refractivity contribution < 1.29 is 19.1 Å². The average Bonchev–Trinajstić information content (AvgIpc) is 3.28. The van der Waals surface area contributed by atoms with Crippen molar-refractivity contribution in [2.24, 2.45) is 0 Å². The molecule has 0 aliphatic rings. The van der Waals surface area contributed by atoms with Gasteiger partial charge in [-0.3, -0.25) is 23.4 Å². The molecule has 0 aliphatic heterocycles. The van der Waals surface area contributed by atoms with E-state index in [0.717, 1.165) is 17.3 Å². The minimum atomic E-state index is -0.535. The van der Waals surface area contributed by atoms with Gasteiger partial charge in [0.25, 0.3) is 5.56 Å². The number of aromatic nitrogens is 4. The van der Waals surface area contributed by atoms with E-state index in [2.05, 4.69) is 20.3 Å². The van der Waals surface area contributed by atoms with Gasteiger partial charge in [-0.1, -0.05) is 42.1 Å².